The molecular weight excluding hydrogens is 230 g/mol. The Balaban J connectivity index is 1.97. The van der Waals surface area contributed by atoms with E-state index in [0.29, 0.717) is 5.92 Å². The van der Waals surface area contributed by atoms with E-state index in [0.717, 1.165) is 13.1 Å². The van der Waals surface area contributed by atoms with Crippen molar-refractivity contribution >= 4 is 0 Å². The number of likely N-dealkylation sites (N-methyl/N-ethyl adjacent to an activating group) is 1. The summed E-state index contributed by atoms with van der Waals surface area (Å²) in [6.07, 6.45) is 2.38. The second kappa shape index (κ2) is 4.21. The maximum absolute atomic E-state index is 2.46. The molecule has 19 heavy (non-hydrogen) atoms. The predicted octanol–water partition coefficient (Wildman–Crippen LogP) is 3.36. The van der Waals surface area contributed by atoms with Crippen LogP contribution in [-0.2, 0) is 19.4 Å². The van der Waals surface area contributed by atoms with Gasteiger partial charge in [0, 0.05) is 19.0 Å². The number of fused-ring (bicyclic) bond motifs is 2. The summed E-state index contributed by atoms with van der Waals surface area (Å²) in [5, 5.41) is 0. The molecule has 0 saturated carbocycles. The summed E-state index contributed by atoms with van der Waals surface area (Å²) < 4.78 is 0. The van der Waals surface area contributed by atoms with Crippen molar-refractivity contribution in [3.63, 3.8) is 0 Å². The number of aryl methyl sites for hydroxylation is 2. The molecule has 96 valence electrons. The first-order valence-corrected chi connectivity index (χ1v) is 7.20. The van der Waals surface area contributed by atoms with Crippen LogP contribution in [0.15, 0.2) is 42.5 Å². The van der Waals surface area contributed by atoms with Crippen molar-refractivity contribution < 1.29 is 0 Å². The van der Waals surface area contributed by atoms with Gasteiger partial charge in [0.1, 0.15) is 0 Å². The highest BCUT2D eigenvalue weighted by Gasteiger charge is 2.30. The molecule has 4 rings (SSSR count). The maximum Gasteiger partial charge on any atom is 0.0234 e. The molecule has 2 aromatic rings. The van der Waals surface area contributed by atoms with Gasteiger partial charge in [-0.3, -0.25) is 0 Å². The highest BCUT2D eigenvalue weighted by Crippen LogP contribution is 2.39. The third-order valence-corrected chi connectivity index (χ3v) is 4.66. The fraction of sp³-hybridized carbons (Fsp3) is 0.333. The Kier molecular flexibility index (Phi) is 2.49. The van der Waals surface area contributed by atoms with Crippen LogP contribution in [0, 0.1) is 0 Å². The van der Waals surface area contributed by atoms with Crippen LogP contribution in [0.25, 0.3) is 0 Å². The smallest absolute Gasteiger partial charge is 0.0234 e. The van der Waals surface area contributed by atoms with Gasteiger partial charge in [-0.15, -0.1) is 0 Å². The highest BCUT2D eigenvalue weighted by atomic mass is 15.1. The molecule has 1 aliphatic carbocycles. The normalized spacial score (nSPS) is 21.4. The van der Waals surface area contributed by atoms with E-state index in [1.807, 2.05) is 0 Å². The Hall–Kier alpha value is -1.60. The van der Waals surface area contributed by atoms with Crippen LogP contribution < -0.4 is 0 Å². The molecule has 0 amide bonds. The SMILES string of the molecule is CN1Cc2cccc3c2C(C1)c1ccccc1CC3. The lowest BCUT2D eigenvalue weighted by molar-refractivity contribution is 0.294. The molecule has 0 saturated heterocycles. The fourth-order valence-corrected chi connectivity index (χ4v) is 3.85. The van der Waals surface area contributed by atoms with E-state index in [-0.39, 0.29) is 0 Å². The van der Waals surface area contributed by atoms with Crippen LogP contribution >= 0.6 is 0 Å². The van der Waals surface area contributed by atoms with Crippen molar-refractivity contribution in [1.29, 1.82) is 0 Å². The first-order chi connectivity index (χ1) is 9.33. The topological polar surface area (TPSA) is 3.24 Å². The van der Waals surface area contributed by atoms with Crippen LogP contribution in [0.3, 0.4) is 0 Å². The number of nitrogens with zero attached hydrogens (tertiary/aromatic N) is 1. The summed E-state index contributed by atoms with van der Waals surface area (Å²) in [7, 11) is 2.24. The van der Waals surface area contributed by atoms with Gasteiger partial charge in [-0.25, -0.2) is 0 Å². The Morgan fingerprint density at radius 2 is 1.63 bits per heavy atom. The third kappa shape index (κ3) is 1.73. The second-order valence-electron chi connectivity index (χ2n) is 5.94. The lowest BCUT2D eigenvalue weighted by atomic mass is 9.82. The van der Waals surface area contributed by atoms with E-state index in [9.17, 15) is 0 Å². The van der Waals surface area contributed by atoms with Crippen LogP contribution in [0.5, 0.6) is 0 Å². The Labute approximate surface area is 114 Å². The molecule has 0 aromatic heterocycles. The van der Waals surface area contributed by atoms with Crippen LogP contribution in [0.4, 0.5) is 0 Å². The van der Waals surface area contributed by atoms with E-state index >= 15 is 0 Å². The van der Waals surface area contributed by atoms with Gasteiger partial charge in [0.2, 0.25) is 0 Å². The fourth-order valence-electron chi connectivity index (χ4n) is 3.85. The highest BCUT2D eigenvalue weighted by molar-refractivity contribution is 5.49. The lowest BCUT2D eigenvalue weighted by Gasteiger charge is -2.33. The molecule has 1 aliphatic heterocycles. The maximum atomic E-state index is 2.46. The minimum absolute atomic E-state index is 0.573. The molecule has 0 N–H and O–H groups in total. The average Bonchev–Trinajstić information content (AvgIpc) is 2.59. The Morgan fingerprint density at radius 1 is 0.895 bits per heavy atom. The number of hydrogen-bond acceptors (Lipinski definition) is 1. The van der Waals surface area contributed by atoms with Gasteiger partial charge >= 0.3 is 0 Å². The average molecular weight is 249 g/mol. The molecule has 0 radical (unpaired) electrons. The molecular formula is C18H19N. The summed E-state index contributed by atoms with van der Waals surface area (Å²) in [4.78, 5) is 2.46. The molecule has 0 bridgehead atoms. The van der Waals surface area contributed by atoms with Crippen molar-refractivity contribution in [2.24, 2.45) is 0 Å². The predicted molar refractivity (Wildman–Crippen MR) is 78.5 cm³/mol. The van der Waals surface area contributed by atoms with E-state index in [4.69, 9.17) is 0 Å². The minimum atomic E-state index is 0.573. The van der Waals surface area contributed by atoms with Crippen molar-refractivity contribution in [1.82, 2.24) is 4.90 Å². The number of benzene rings is 2. The second-order valence-corrected chi connectivity index (χ2v) is 5.94. The van der Waals surface area contributed by atoms with Gasteiger partial charge in [-0.1, -0.05) is 42.5 Å². The molecule has 0 fully saturated rings. The van der Waals surface area contributed by atoms with Crippen LogP contribution in [-0.4, -0.2) is 18.5 Å². The van der Waals surface area contributed by atoms with E-state index in [1.165, 1.54) is 18.4 Å². The summed E-state index contributed by atoms with van der Waals surface area (Å²) in [5.74, 6) is 0.573. The number of rotatable bonds is 0. The first-order valence-electron chi connectivity index (χ1n) is 7.20. The first kappa shape index (κ1) is 11.2. The Bertz CT molecular complexity index is 629. The molecule has 0 spiro atoms. The summed E-state index contributed by atoms with van der Waals surface area (Å²) in [6, 6.07) is 15.9. The summed E-state index contributed by atoms with van der Waals surface area (Å²) in [6.45, 7) is 2.25. The van der Waals surface area contributed by atoms with Gasteiger partial charge in [-0.05, 0) is 47.7 Å². The van der Waals surface area contributed by atoms with Crippen molar-refractivity contribution in [3.8, 4) is 0 Å². The van der Waals surface area contributed by atoms with E-state index < -0.39 is 0 Å². The van der Waals surface area contributed by atoms with Gasteiger partial charge in [0.15, 0.2) is 0 Å². The standard InChI is InChI=1S/C18H19N/c1-19-11-15-7-4-6-14-10-9-13-5-2-3-8-16(13)17(12-19)18(14)15/h2-8,17H,9-12H2,1H3. The van der Waals surface area contributed by atoms with Gasteiger partial charge < -0.3 is 4.90 Å². The zero-order chi connectivity index (χ0) is 12.8. The summed E-state index contributed by atoms with van der Waals surface area (Å²) >= 11 is 0. The third-order valence-electron chi connectivity index (χ3n) is 4.66. The van der Waals surface area contributed by atoms with Crippen molar-refractivity contribution in [3.05, 3.63) is 70.3 Å². The zero-order valence-corrected chi connectivity index (χ0v) is 11.4. The van der Waals surface area contributed by atoms with Gasteiger partial charge in [0.05, 0.1) is 0 Å². The lowest BCUT2D eigenvalue weighted by Crippen LogP contribution is -2.31. The molecule has 2 aliphatic rings. The van der Waals surface area contributed by atoms with Crippen LogP contribution in [0.1, 0.15) is 33.7 Å². The van der Waals surface area contributed by atoms with Crippen molar-refractivity contribution in [2.45, 2.75) is 25.3 Å². The Morgan fingerprint density at radius 3 is 2.58 bits per heavy atom. The molecule has 1 heteroatoms. The zero-order valence-electron chi connectivity index (χ0n) is 11.4. The minimum Gasteiger partial charge on any atom is -0.301 e. The quantitative estimate of drug-likeness (QED) is 0.692. The van der Waals surface area contributed by atoms with E-state index in [2.05, 4.69) is 54.4 Å². The molecule has 1 nitrogen and oxygen atoms in total. The molecule has 2 aromatic carbocycles. The number of hydrogen-bond donors (Lipinski definition) is 0. The van der Waals surface area contributed by atoms with Crippen LogP contribution in [0.2, 0.25) is 0 Å². The van der Waals surface area contributed by atoms with E-state index in [1.54, 1.807) is 22.3 Å². The van der Waals surface area contributed by atoms with Gasteiger partial charge in [0.25, 0.3) is 0 Å². The van der Waals surface area contributed by atoms with Crippen molar-refractivity contribution in [2.75, 3.05) is 13.6 Å². The summed E-state index contributed by atoms with van der Waals surface area (Å²) in [5.41, 5.74) is 7.84. The largest absolute Gasteiger partial charge is 0.301 e. The molecule has 1 heterocycles. The monoisotopic (exact) mass is 249 g/mol. The van der Waals surface area contributed by atoms with Gasteiger partial charge in [-0.2, -0.15) is 0 Å². The molecule has 1 atom stereocenters. The molecule has 1 unspecified atom stereocenters.